The van der Waals surface area contributed by atoms with Crippen LogP contribution in [0.25, 0.3) is 11.1 Å². The van der Waals surface area contributed by atoms with Crippen LogP contribution < -0.4 is 9.47 Å². The van der Waals surface area contributed by atoms with Crippen molar-refractivity contribution in [3.05, 3.63) is 45.5 Å². The van der Waals surface area contributed by atoms with Crippen molar-refractivity contribution in [2.75, 3.05) is 6.61 Å². The van der Waals surface area contributed by atoms with E-state index >= 15 is 0 Å². The average molecular weight is 617 g/mol. The third-order valence-electron chi connectivity index (χ3n) is 10.8. The molecule has 0 aromatic heterocycles. The smallest absolute Gasteiger partial charge is 0.317 e. The van der Waals surface area contributed by atoms with Crippen LogP contribution in [-0.4, -0.2) is 36.5 Å². The van der Waals surface area contributed by atoms with Gasteiger partial charge in [-0.2, -0.15) is 0 Å². The highest BCUT2D eigenvalue weighted by molar-refractivity contribution is 5.97. The van der Waals surface area contributed by atoms with Crippen molar-refractivity contribution < 1.29 is 42.9 Å². The second-order valence-electron chi connectivity index (χ2n) is 13.5. The van der Waals surface area contributed by atoms with Gasteiger partial charge in [-0.05, 0) is 137 Å². The zero-order chi connectivity index (χ0) is 32.3. The average Bonchev–Trinajstić information content (AvgIpc) is 3.53. The zero-order valence-corrected chi connectivity index (χ0v) is 26.7. The molecule has 0 amide bonds. The maximum absolute atomic E-state index is 13.2. The third-order valence-corrected chi connectivity index (χ3v) is 10.8. The maximum Gasteiger partial charge on any atom is 0.317 e. The number of hydrogen-bond donors (Lipinski definition) is 0. The van der Waals surface area contributed by atoms with Crippen molar-refractivity contribution in [2.45, 2.75) is 80.1 Å². The number of esters is 5. The van der Waals surface area contributed by atoms with Crippen LogP contribution in [0.2, 0.25) is 0 Å². The Morgan fingerprint density at radius 3 is 1.67 bits per heavy atom. The molecule has 4 fully saturated rings. The van der Waals surface area contributed by atoms with Gasteiger partial charge in [-0.25, -0.2) is 0 Å². The van der Waals surface area contributed by atoms with Gasteiger partial charge in [-0.3, -0.25) is 24.0 Å². The van der Waals surface area contributed by atoms with Gasteiger partial charge in [0.15, 0.2) is 0 Å². The number of hydrogen-bond acceptors (Lipinski definition) is 9. The van der Waals surface area contributed by atoms with Gasteiger partial charge in [0.2, 0.25) is 0 Å². The molecule has 2 aromatic carbocycles. The van der Waals surface area contributed by atoms with Gasteiger partial charge in [0.25, 0.3) is 0 Å². The number of aryl methyl sites for hydroxylation is 2. The first-order chi connectivity index (χ1) is 21.3. The lowest BCUT2D eigenvalue weighted by atomic mass is 9.75. The molecule has 4 aliphatic rings. The van der Waals surface area contributed by atoms with Gasteiger partial charge in [0.05, 0.1) is 36.2 Å². The first-order valence-electron chi connectivity index (χ1n) is 15.9. The van der Waals surface area contributed by atoms with E-state index in [4.69, 9.17) is 18.9 Å². The predicted molar refractivity (Wildman–Crippen MR) is 162 cm³/mol. The Labute approximate surface area is 262 Å². The van der Waals surface area contributed by atoms with E-state index in [1.165, 1.54) is 0 Å². The van der Waals surface area contributed by atoms with Crippen LogP contribution in [0.4, 0.5) is 0 Å². The molecule has 45 heavy (non-hydrogen) atoms. The van der Waals surface area contributed by atoms with Crippen LogP contribution in [0.1, 0.15) is 71.9 Å². The summed E-state index contributed by atoms with van der Waals surface area (Å²) in [5.74, 6) is -2.52. The molecule has 0 radical (unpaired) electrons. The molecule has 2 heterocycles. The quantitative estimate of drug-likeness (QED) is 0.236. The minimum Gasteiger partial charge on any atom is -0.465 e. The molecular formula is C36H40O9. The third kappa shape index (κ3) is 5.44. The lowest BCUT2D eigenvalue weighted by Gasteiger charge is -2.28. The summed E-state index contributed by atoms with van der Waals surface area (Å²) >= 11 is 0. The van der Waals surface area contributed by atoms with E-state index in [0.717, 1.165) is 44.5 Å². The number of carbonyl (C=O) groups is 5. The summed E-state index contributed by atoms with van der Waals surface area (Å²) in [6.07, 6.45) is 3.04. The van der Waals surface area contributed by atoms with Gasteiger partial charge >= 0.3 is 29.8 Å². The molecule has 9 heteroatoms. The number of fused-ring (bicyclic) bond motifs is 2. The molecule has 0 N–H and O–H groups in total. The first kappa shape index (κ1) is 31.0. The van der Waals surface area contributed by atoms with Crippen LogP contribution in [-0.2, 0) is 33.4 Å². The monoisotopic (exact) mass is 616 g/mol. The van der Waals surface area contributed by atoms with Crippen LogP contribution >= 0.6 is 0 Å². The maximum atomic E-state index is 13.2. The standard InChI is InChI=1S/C36H40O9/c1-16-11-27(18(3)20(5)30(16)43-32(37)22-7-9-25-24(13-22)15-42-34(25)39)28-12-17(2)31(21(6)19(28)4)44-33(38)23-8-10-26-29(14-23)36(41)45-35(26)40/h11-12,22-26,29H,7-10,13-15H2,1-6H3. The van der Waals surface area contributed by atoms with E-state index in [9.17, 15) is 24.0 Å². The number of benzene rings is 2. The Kier molecular flexibility index (Phi) is 8.08. The summed E-state index contributed by atoms with van der Waals surface area (Å²) in [7, 11) is 0. The molecule has 2 saturated carbocycles. The Bertz CT molecular complexity index is 1640. The molecule has 0 spiro atoms. The summed E-state index contributed by atoms with van der Waals surface area (Å²) in [6, 6.07) is 4.06. The summed E-state index contributed by atoms with van der Waals surface area (Å²) in [5, 5.41) is 0. The van der Waals surface area contributed by atoms with Crippen molar-refractivity contribution in [3.8, 4) is 22.6 Å². The van der Waals surface area contributed by atoms with Crippen LogP contribution in [0.3, 0.4) is 0 Å². The molecule has 0 bridgehead atoms. The number of ether oxygens (including phenoxy) is 4. The Morgan fingerprint density at radius 1 is 0.622 bits per heavy atom. The SMILES string of the molecule is Cc1cc(-c2cc(C)c(OC(=O)C3CCC4C(=O)OC(=O)C4C3)c(C)c2C)c(C)c(C)c1OC(=O)C1CCC2C(=O)OCC2C1. The minimum atomic E-state index is -0.575. The fourth-order valence-corrected chi connectivity index (χ4v) is 7.80. The summed E-state index contributed by atoms with van der Waals surface area (Å²) in [4.78, 5) is 62.4. The Morgan fingerprint density at radius 2 is 1.11 bits per heavy atom. The lowest BCUT2D eigenvalue weighted by molar-refractivity contribution is -0.154. The highest BCUT2D eigenvalue weighted by Gasteiger charge is 2.49. The van der Waals surface area contributed by atoms with E-state index in [1.54, 1.807) is 0 Å². The van der Waals surface area contributed by atoms with E-state index in [0.29, 0.717) is 50.2 Å². The topological polar surface area (TPSA) is 122 Å². The van der Waals surface area contributed by atoms with E-state index in [1.807, 2.05) is 53.7 Å². The number of carbonyl (C=O) groups excluding carboxylic acids is 5. The van der Waals surface area contributed by atoms with E-state index in [2.05, 4.69) is 0 Å². The largest absolute Gasteiger partial charge is 0.465 e. The second kappa shape index (κ2) is 11.7. The first-order valence-corrected chi connectivity index (χ1v) is 15.9. The van der Waals surface area contributed by atoms with Crippen molar-refractivity contribution >= 4 is 29.8 Å². The molecule has 6 atom stereocenters. The zero-order valence-electron chi connectivity index (χ0n) is 26.7. The van der Waals surface area contributed by atoms with Crippen LogP contribution in [0.15, 0.2) is 12.1 Å². The van der Waals surface area contributed by atoms with E-state index in [-0.39, 0.29) is 36.1 Å². The fraction of sp³-hybridized carbons (Fsp3) is 0.528. The molecule has 2 saturated heterocycles. The van der Waals surface area contributed by atoms with Gasteiger partial charge in [0.1, 0.15) is 11.5 Å². The molecule has 2 aromatic rings. The molecule has 6 rings (SSSR count). The van der Waals surface area contributed by atoms with Gasteiger partial charge in [0, 0.05) is 5.92 Å². The Hall–Kier alpha value is -4.01. The van der Waals surface area contributed by atoms with Gasteiger partial charge in [-0.1, -0.05) is 0 Å². The summed E-state index contributed by atoms with van der Waals surface area (Å²) < 4.78 is 22.0. The molecular weight excluding hydrogens is 576 g/mol. The second-order valence-corrected chi connectivity index (χ2v) is 13.5. The van der Waals surface area contributed by atoms with Crippen molar-refractivity contribution in [1.82, 2.24) is 0 Å². The van der Waals surface area contributed by atoms with Crippen LogP contribution in [0, 0.1) is 77.0 Å². The molecule has 6 unspecified atom stereocenters. The van der Waals surface area contributed by atoms with Crippen molar-refractivity contribution in [1.29, 1.82) is 0 Å². The molecule has 2 aliphatic heterocycles. The summed E-state index contributed by atoms with van der Waals surface area (Å²) in [5.41, 5.74) is 7.35. The van der Waals surface area contributed by atoms with Crippen LogP contribution in [0.5, 0.6) is 11.5 Å². The number of rotatable bonds is 5. The highest BCUT2D eigenvalue weighted by atomic mass is 16.6. The predicted octanol–water partition coefficient (Wildman–Crippen LogP) is 5.72. The van der Waals surface area contributed by atoms with E-state index < -0.39 is 35.7 Å². The van der Waals surface area contributed by atoms with Gasteiger partial charge < -0.3 is 18.9 Å². The van der Waals surface area contributed by atoms with Gasteiger partial charge in [-0.15, -0.1) is 0 Å². The minimum absolute atomic E-state index is 0.0820. The number of cyclic esters (lactones) is 3. The van der Waals surface area contributed by atoms with Crippen molar-refractivity contribution in [3.63, 3.8) is 0 Å². The summed E-state index contributed by atoms with van der Waals surface area (Å²) in [6.45, 7) is 12.1. The normalized spacial score (nSPS) is 27.4. The molecule has 2 aliphatic carbocycles. The molecule has 9 nitrogen and oxygen atoms in total. The lowest BCUT2D eigenvalue weighted by Crippen LogP contribution is -2.33. The van der Waals surface area contributed by atoms with Crippen molar-refractivity contribution in [2.24, 2.45) is 35.5 Å². The Balaban J connectivity index is 1.20. The molecule has 238 valence electrons. The highest BCUT2D eigenvalue weighted by Crippen LogP contribution is 2.44. The fourth-order valence-electron chi connectivity index (χ4n) is 7.80.